The fourth-order valence-electron chi connectivity index (χ4n) is 5.12. The van der Waals surface area contributed by atoms with Crippen LogP contribution in [-0.4, -0.2) is 19.2 Å². The number of carbonyl (C=O) groups is 1. The number of rotatable bonds is 19. The minimum atomic E-state index is -0.386. The number of para-hydroxylation sites is 2. The number of esters is 1. The van der Waals surface area contributed by atoms with Crippen LogP contribution in [0.3, 0.4) is 0 Å². The summed E-state index contributed by atoms with van der Waals surface area (Å²) < 4.78 is 17.6. The summed E-state index contributed by atoms with van der Waals surface area (Å²) in [5, 5.41) is 0. The molecule has 0 bridgehead atoms. The van der Waals surface area contributed by atoms with Crippen LogP contribution in [0.5, 0.6) is 11.5 Å². The van der Waals surface area contributed by atoms with Crippen LogP contribution in [0.1, 0.15) is 120 Å². The van der Waals surface area contributed by atoms with E-state index in [4.69, 9.17) is 14.2 Å². The third kappa shape index (κ3) is 11.0. The van der Waals surface area contributed by atoms with Crippen LogP contribution in [0.4, 0.5) is 0 Å². The van der Waals surface area contributed by atoms with Gasteiger partial charge in [-0.2, -0.15) is 0 Å². The average Bonchev–Trinajstić information content (AvgIpc) is 3.01. The average molecular weight is 559 g/mol. The Morgan fingerprint density at radius 3 is 1.80 bits per heavy atom. The maximum absolute atomic E-state index is 13.0. The lowest BCUT2D eigenvalue weighted by molar-refractivity contribution is 0.0721. The van der Waals surface area contributed by atoms with Crippen LogP contribution in [0.2, 0.25) is 0 Å². The summed E-state index contributed by atoms with van der Waals surface area (Å²) in [5.41, 5.74) is 3.77. The van der Waals surface area contributed by atoms with Crippen LogP contribution >= 0.6 is 0 Å². The smallest absolute Gasteiger partial charge is 0.343 e. The van der Waals surface area contributed by atoms with Crippen LogP contribution < -0.4 is 9.47 Å². The molecule has 0 aliphatic rings. The summed E-state index contributed by atoms with van der Waals surface area (Å²) in [7, 11) is 1.71. The maximum Gasteiger partial charge on any atom is 0.343 e. The van der Waals surface area contributed by atoms with E-state index in [0.29, 0.717) is 17.1 Å². The molecule has 4 heteroatoms. The number of benzene rings is 3. The number of unbranched alkanes of at least 4 members (excludes halogenated alkanes) is 8. The number of hydrogen-bond acceptors (Lipinski definition) is 4. The van der Waals surface area contributed by atoms with Crippen molar-refractivity contribution in [3.63, 3.8) is 0 Å². The van der Waals surface area contributed by atoms with E-state index in [2.05, 4.69) is 38.1 Å². The number of hydrogen-bond donors (Lipinski definition) is 0. The molecule has 0 fully saturated rings. The zero-order valence-electron chi connectivity index (χ0n) is 25.7. The SMILES string of the molecule is CCCCCCCCCCCC(CCC)Oc1ccccc1OC(=O)c1ccc(-c2ccc(C(C)OC)cc2)cc1. The van der Waals surface area contributed by atoms with Gasteiger partial charge in [-0.15, -0.1) is 0 Å². The van der Waals surface area contributed by atoms with Crippen molar-refractivity contribution in [2.45, 2.75) is 110 Å². The van der Waals surface area contributed by atoms with Gasteiger partial charge in [0.05, 0.1) is 17.8 Å². The Morgan fingerprint density at radius 2 is 1.22 bits per heavy atom. The first-order chi connectivity index (χ1) is 20.0. The van der Waals surface area contributed by atoms with Gasteiger partial charge in [-0.05, 0) is 67.1 Å². The van der Waals surface area contributed by atoms with E-state index >= 15 is 0 Å². The molecule has 41 heavy (non-hydrogen) atoms. The van der Waals surface area contributed by atoms with Gasteiger partial charge in [0, 0.05) is 7.11 Å². The molecule has 2 unspecified atom stereocenters. The van der Waals surface area contributed by atoms with Crippen molar-refractivity contribution >= 4 is 5.97 Å². The summed E-state index contributed by atoms with van der Waals surface area (Å²) in [5.74, 6) is 0.720. The third-order valence-corrected chi connectivity index (χ3v) is 7.77. The second-order valence-electron chi connectivity index (χ2n) is 11.1. The lowest BCUT2D eigenvalue weighted by Gasteiger charge is -2.20. The Kier molecular flexibility index (Phi) is 14.5. The van der Waals surface area contributed by atoms with Gasteiger partial charge < -0.3 is 14.2 Å². The van der Waals surface area contributed by atoms with Crippen LogP contribution in [0, 0.1) is 0 Å². The van der Waals surface area contributed by atoms with E-state index < -0.39 is 0 Å². The van der Waals surface area contributed by atoms with E-state index in [1.54, 1.807) is 7.11 Å². The molecule has 0 saturated carbocycles. The molecule has 0 heterocycles. The van der Waals surface area contributed by atoms with Gasteiger partial charge >= 0.3 is 5.97 Å². The standard InChI is InChI=1S/C37H50O4/c1-5-7-8-9-10-11-12-13-14-18-34(17-6-2)40-35-19-15-16-20-36(35)41-37(38)33-27-25-32(26-28-33)31-23-21-30(22-24-31)29(3)39-4/h15-16,19-29,34H,5-14,17-18H2,1-4H3. The van der Waals surface area contributed by atoms with Gasteiger partial charge in [0.25, 0.3) is 0 Å². The Morgan fingerprint density at radius 1 is 0.659 bits per heavy atom. The van der Waals surface area contributed by atoms with Crippen molar-refractivity contribution in [2.24, 2.45) is 0 Å². The zero-order valence-corrected chi connectivity index (χ0v) is 25.7. The predicted octanol–water partition coefficient (Wildman–Crippen LogP) is 10.7. The molecule has 0 radical (unpaired) electrons. The highest BCUT2D eigenvalue weighted by molar-refractivity contribution is 5.92. The molecule has 3 rings (SSSR count). The largest absolute Gasteiger partial charge is 0.487 e. The Labute approximate surface area is 248 Å². The third-order valence-electron chi connectivity index (χ3n) is 7.77. The molecule has 0 aromatic heterocycles. The molecule has 0 saturated heterocycles. The molecule has 3 aromatic carbocycles. The lowest BCUT2D eigenvalue weighted by atomic mass is 10.0. The fourth-order valence-corrected chi connectivity index (χ4v) is 5.12. The van der Waals surface area contributed by atoms with Crippen molar-refractivity contribution in [2.75, 3.05) is 7.11 Å². The molecule has 2 atom stereocenters. The van der Waals surface area contributed by atoms with E-state index in [1.807, 2.05) is 55.5 Å². The molecule has 4 nitrogen and oxygen atoms in total. The highest BCUT2D eigenvalue weighted by Crippen LogP contribution is 2.31. The zero-order chi connectivity index (χ0) is 29.3. The van der Waals surface area contributed by atoms with E-state index in [-0.39, 0.29) is 18.2 Å². The molecule has 0 N–H and O–H groups in total. The summed E-state index contributed by atoms with van der Waals surface area (Å²) in [6, 6.07) is 23.4. The second kappa shape index (κ2) is 18.3. The summed E-state index contributed by atoms with van der Waals surface area (Å²) in [6.45, 7) is 6.48. The van der Waals surface area contributed by atoms with Gasteiger partial charge in [0.15, 0.2) is 11.5 Å². The van der Waals surface area contributed by atoms with Gasteiger partial charge in [-0.3, -0.25) is 0 Å². The van der Waals surface area contributed by atoms with Gasteiger partial charge in [0.2, 0.25) is 0 Å². The second-order valence-corrected chi connectivity index (χ2v) is 11.1. The summed E-state index contributed by atoms with van der Waals surface area (Å²) >= 11 is 0. The van der Waals surface area contributed by atoms with E-state index in [0.717, 1.165) is 36.0 Å². The molecule has 0 aliphatic heterocycles. The first-order valence-electron chi connectivity index (χ1n) is 15.8. The fraction of sp³-hybridized carbons (Fsp3) is 0.486. The minimum Gasteiger partial charge on any atom is -0.487 e. The predicted molar refractivity (Wildman–Crippen MR) is 170 cm³/mol. The normalized spacial score (nSPS) is 12.6. The van der Waals surface area contributed by atoms with E-state index in [9.17, 15) is 4.79 Å². The Balaban J connectivity index is 1.53. The number of ether oxygens (including phenoxy) is 3. The van der Waals surface area contributed by atoms with Crippen molar-refractivity contribution < 1.29 is 19.0 Å². The van der Waals surface area contributed by atoms with Crippen LogP contribution in [-0.2, 0) is 4.74 Å². The van der Waals surface area contributed by atoms with Gasteiger partial charge in [-0.25, -0.2) is 4.79 Å². The van der Waals surface area contributed by atoms with Crippen molar-refractivity contribution in [3.05, 3.63) is 83.9 Å². The number of carbonyl (C=O) groups excluding carboxylic acids is 1. The topological polar surface area (TPSA) is 44.8 Å². The molecular weight excluding hydrogens is 508 g/mol. The quantitative estimate of drug-likeness (QED) is 0.0834. The molecular formula is C37H50O4. The lowest BCUT2D eigenvalue weighted by Crippen LogP contribution is -2.17. The highest BCUT2D eigenvalue weighted by atomic mass is 16.6. The van der Waals surface area contributed by atoms with Crippen LogP contribution in [0.25, 0.3) is 11.1 Å². The van der Waals surface area contributed by atoms with Crippen molar-refractivity contribution in [1.29, 1.82) is 0 Å². The summed E-state index contributed by atoms with van der Waals surface area (Å²) in [6.07, 6.45) is 15.1. The van der Waals surface area contributed by atoms with Crippen molar-refractivity contribution in [1.82, 2.24) is 0 Å². The Hall–Kier alpha value is -3.11. The molecule has 0 amide bonds. The Bertz CT molecular complexity index is 1140. The molecule has 222 valence electrons. The van der Waals surface area contributed by atoms with E-state index in [1.165, 1.54) is 57.8 Å². The van der Waals surface area contributed by atoms with Crippen molar-refractivity contribution in [3.8, 4) is 22.6 Å². The van der Waals surface area contributed by atoms with Gasteiger partial charge in [-0.1, -0.05) is 120 Å². The molecule has 0 aliphatic carbocycles. The van der Waals surface area contributed by atoms with Crippen LogP contribution in [0.15, 0.2) is 72.8 Å². The van der Waals surface area contributed by atoms with Gasteiger partial charge in [0.1, 0.15) is 0 Å². The first kappa shape index (κ1) is 32.4. The highest BCUT2D eigenvalue weighted by Gasteiger charge is 2.16. The minimum absolute atomic E-state index is 0.0557. The number of methoxy groups -OCH3 is 1. The monoisotopic (exact) mass is 558 g/mol. The first-order valence-corrected chi connectivity index (χ1v) is 15.8. The summed E-state index contributed by atoms with van der Waals surface area (Å²) in [4.78, 5) is 13.0. The molecule has 0 spiro atoms. The molecule has 3 aromatic rings. The maximum atomic E-state index is 13.0.